The van der Waals surface area contributed by atoms with Crippen LogP contribution in [0.15, 0.2) is 32.5 Å². The molecule has 1 nitrogen and oxygen atoms in total. The summed E-state index contributed by atoms with van der Waals surface area (Å²) in [6.07, 6.45) is 0. The Morgan fingerprint density at radius 3 is 2.68 bits per heavy atom. The number of thiophene rings is 1. The van der Waals surface area contributed by atoms with Crippen molar-refractivity contribution in [1.29, 1.82) is 0 Å². The highest BCUT2D eigenvalue weighted by molar-refractivity contribution is 9.10. The van der Waals surface area contributed by atoms with Crippen molar-refractivity contribution >= 4 is 54.8 Å². The molecule has 102 valence electrons. The van der Waals surface area contributed by atoms with Crippen LogP contribution in [0, 0.1) is 5.82 Å². The molecule has 0 fully saturated rings. The van der Waals surface area contributed by atoms with Crippen molar-refractivity contribution in [3.05, 3.63) is 53.8 Å². The normalized spacial score (nSPS) is 12.7. The highest BCUT2D eigenvalue weighted by atomic mass is 79.9. The number of halogens is 4. The van der Waals surface area contributed by atoms with Crippen LogP contribution in [0.3, 0.4) is 0 Å². The molecule has 1 N–H and O–H groups in total. The van der Waals surface area contributed by atoms with Gasteiger partial charge in [0, 0.05) is 19.4 Å². The molecule has 19 heavy (non-hydrogen) atoms. The molecule has 0 amide bonds. The average molecular weight is 428 g/mol. The number of hydrogen-bond donors (Lipinski definition) is 1. The molecule has 0 bridgehead atoms. The molecule has 0 spiro atoms. The maximum absolute atomic E-state index is 14.2. The van der Waals surface area contributed by atoms with E-state index in [-0.39, 0.29) is 11.9 Å². The molecule has 0 aliphatic carbocycles. The number of rotatable bonds is 4. The van der Waals surface area contributed by atoms with E-state index in [2.05, 4.69) is 37.2 Å². The molecule has 1 heterocycles. The Morgan fingerprint density at radius 2 is 2.11 bits per heavy atom. The third-order valence-corrected chi connectivity index (χ3v) is 5.80. The van der Waals surface area contributed by atoms with Gasteiger partial charge in [-0.2, -0.15) is 0 Å². The van der Waals surface area contributed by atoms with E-state index in [1.165, 1.54) is 6.07 Å². The van der Waals surface area contributed by atoms with Crippen LogP contribution in [0.1, 0.15) is 23.4 Å². The first-order valence-corrected chi connectivity index (χ1v) is 8.49. The first kappa shape index (κ1) is 15.4. The highest BCUT2D eigenvalue weighted by Gasteiger charge is 2.21. The summed E-state index contributed by atoms with van der Waals surface area (Å²) < 4.78 is 15.7. The summed E-state index contributed by atoms with van der Waals surface area (Å²) in [5.74, 6) is -0.275. The number of hydrogen-bond acceptors (Lipinski definition) is 2. The lowest BCUT2D eigenvalue weighted by Crippen LogP contribution is -2.22. The van der Waals surface area contributed by atoms with Gasteiger partial charge in [0.2, 0.25) is 0 Å². The molecule has 6 heteroatoms. The second-order valence-corrected chi connectivity index (χ2v) is 6.97. The van der Waals surface area contributed by atoms with Crippen LogP contribution in [0.4, 0.5) is 4.39 Å². The van der Waals surface area contributed by atoms with Crippen molar-refractivity contribution in [2.45, 2.75) is 13.0 Å². The monoisotopic (exact) mass is 425 g/mol. The second-order valence-electron chi connectivity index (χ2n) is 3.91. The van der Waals surface area contributed by atoms with Crippen molar-refractivity contribution in [2.75, 3.05) is 6.54 Å². The van der Waals surface area contributed by atoms with Crippen LogP contribution >= 0.6 is 54.8 Å². The van der Waals surface area contributed by atoms with Crippen molar-refractivity contribution in [3.63, 3.8) is 0 Å². The molecule has 0 radical (unpaired) electrons. The maximum atomic E-state index is 14.2. The quantitative estimate of drug-likeness (QED) is 0.612. The SMILES string of the molecule is CCNC(c1cc(Cl)c(Br)cc1F)c1sccc1Br. The fourth-order valence-corrected chi connectivity index (χ4v) is 4.00. The van der Waals surface area contributed by atoms with Gasteiger partial charge in [0.25, 0.3) is 0 Å². The second kappa shape index (κ2) is 6.68. The van der Waals surface area contributed by atoms with Crippen LogP contribution in [0.25, 0.3) is 0 Å². The van der Waals surface area contributed by atoms with E-state index >= 15 is 0 Å². The summed E-state index contributed by atoms with van der Waals surface area (Å²) in [6, 6.07) is 4.83. The summed E-state index contributed by atoms with van der Waals surface area (Å²) in [6.45, 7) is 2.73. The molecule has 1 atom stereocenters. The minimum absolute atomic E-state index is 0.204. The van der Waals surface area contributed by atoms with Crippen molar-refractivity contribution in [1.82, 2.24) is 5.32 Å². The first-order valence-electron chi connectivity index (χ1n) is 5.65. The van der Waals surface area contributed by atoms with Gasteiger partial charge in [-0.25, -0.2) is 4.39 Å². The predicted octanol–water partition coefficient (Wildman–Crippen LogP) is 5.76. The van der Waals surface area contributed by atoms with Gasteiger partial charge in [-0.15, -0.1) is 11.3 Å². The van der Waals surface area contributed by atoms with E-state index in [0.29, 0.717) is 15.1 Å². The van der Waals surface area contributed by atoms with Gasteiger partial charge >= 0.3 is 0 Å². The van der Waals surface area contributed by atoms with Gasteiger partial charge in [0.1, 0.15) is 5.82 Å². The van der Waals surface area contributed by atoms with Crippen molar-refractivity contribution in [2.24, 2.45) is 0 Å². The van der Waals surface area contributed by atoms with Crippen LogP contribution in [0.5, 0.6) is 0 Å². The zero-order valence-corrected chi connectivity index (χ0v) is 14.8. The molecule has 0 aliphatic rings. The van der Waals surface area contributed by atoms with Gasteiger partial charge in [-0.05, 0) is 62.0 Å². The Labute approximate surface area is 137 Å². The van der Waals surface area contributed by atoms with Gasteiger partial charge in [-0.1, -0.05) is 18.5 Å². The summed E-state index contributed by atoms with van der Waals surface area (Å²) in [4.78, 5) is 1.04. The summed E-state index contributed by atoms with van der Waals surface area (Å²) >= 11 is 14.4. The number of benzene rings is 1. The minimum atomic E-state index is -0.275. The molecule has 2 aromatic rings. The highest BCUT2D eigenvalue weighted by Crippen LogP contribution is 2.36. The van der Waals surface area contributed by atoms with E-state index in [9.17, 15) is 4.39 Å². The lowest BCUT2D eigenvalue weighted by atomic mass is 10.0. The molecule has 1 unspecified atom stereocenters. The number of nitrogens with one attached hydrogen (secondary N) is 1. The molecule has 1 aromatic heterocycles. The van der Waals surface area contributed by atoms with E-state index in [1.807, 2.05) is 18.4 Å². The lowest BCUT2D eigenvalue weighted by molar-refractivity contribution is 0.562. The fourth-order valence-electron chi connectivity index (χ4n) is 1.82. The Kier molecular flexibility index (Phi) is 5.43. The van der Waals surface area contributed by atoms with E-state index < -0.39 is 0 Å². The Bertz CT molecular complexity index is 588. The van der Waals surface area contributed by atoms with Gasteiger partial charge < -0.3 is 5.32 Å². The molecule has 2 rings (SSSR count). The minimum Gasteiger partial charge on any atom is -0.306 e. The van der Waals surface area contributed by atoms with Gasteiger partial charge in [0.05, 0.1) is 11.1 Å². The molecule has 0 saturated carbocycles. The zero-order chi connectivity index (χ0) is 14.0. The zero-order valence-electron chi connectivity index (χ0n) is 10.0. The van der Waals surface area contributed by atoms with E-state index in [0.717, 1.165) is 15.9 Å². The first-order chi connectivity index (χ1) is 9.04. The Morgan fingerprint density at radius 1 is 1.37 bits per heavy atom. The Balaban J connectivity index is 2.51. The Hall–Kier alpha value is 0.0600. The predicted molar refractivity (Wildman–Crippen MR) is 86.6 cm³/mol. The smallest absolute Gasteiger partial charge is 0.129 e. The molecule has 0 saturated heterocycles. The largest absolute Gasteiger partial charge is 0.306 e. The van der Waals surface area contributed by atoms with Gasteiger partial charge in [-0.3, -0.25) is 0 Å². The maximum Gasteiger partial charge on any atom is 0.129 e. The molecular weight excluding hydrogens is 416 g/mol. The van der Waals surface area contributed by atoms with Crippen LogP contribution in [-0.4, -0.2) is 6.54 Å². The van der Waals surface area contributed by atoms with Gasteiger partial charge in [0.15, 0.2) is 0 Å². The molecular formula is C13H11Br2ClFNS. The summed E-state index contributed by atoms with van der Waals surface area (Å²) in [5, 5.41) is 5.78. The van der Waals surface area contributed by atoms with Crippen LogP contribution in [-0.2, 0) is 0 Å². The van der Waals surface area contributed by atoms with Crippen LogP contribution < -0.4 is 5.32 Å². The van der Waals surface area contributed by atoms with Crippen molar-refractivity contribution in [3.8, 4) is 0 Å². The lowest BCUT2D eigenvalue weighted by Gasteiger charge is -2.19. The van der Waals surface area contributed by atoms with E-state index in [1.54, 1.807) is 17.4 Å². The average Bonchev–Trinajstić information content (AvgIpc) is 2.77. The third kappa shape index (κ3) is 3.39. The molecule has 1 aromatic carbocycles. The van der Waals surface area contributed by atoms with E-state index in [4.69, 9.17) is 11.6 Å². The van der Waals surface area contributed by atoms with Crippen molar-refractivity contribution < 1.29 is 4.39 Å². The standard InChI is InChI=1S/C13H11Br2ClFNS/c1-2-18-12(13-8(14)3-4-19-13)7-5-10(16)9(15)6-11(7)17/h3-6,12,18H,2H2,1H3. The summed E-state index contributed by atoms with van der Waals surface area (Å²) in [7, 11) is 0. The third-order valence-electron chi connectivity index (χ3n) is 2.67. The topological polar surface area (TPSA) is 12.0 Å². The molecule has 0 aliphatic heterocycles. The van der Waals surface area contributed by atoms with Crippen LogP contribution in [0.2, 0.25) is 5.02 Å². The summed E-state index contributed by atoms with van der Waals surface area (Å²) in [5.41, 5.74) is 0.554. The fraction of sp³-hybridized carbons (Fsp3) is 0.231.